The molecule has 1 atom stereocenters. The van der Waals surface area contributed by atoms with Crippen LogP contribution < -0.4 is 0 Å². The number of rotatable bonds is 2. The van der Waals surface area contributed by atoms with Gasteiger partial charge in [0, 0.05) is 5.03 Å². The summed E-state index contributed by atoms with van der Waals surface area (Å²) in [5, 5.41) is 0.783. The molecule has 0 aromatic heterocycles. The Labute approximate surface area is 85.3 Å². The second-order valence-electron chi connectivity index (χ2n) is 3.25. The van der Waals surface area contributed by atoms with Crippen molar-refractivity contribution in [3.63, 3.8) is 0 Å². The third-order valence-electron chi connectivity index (χ3n) is 2.27. The summed E-state index contributed by atoms with van der Waals surface area (Å²) in [4.78, 5) is 0. The maximum absolute atomic E-state index is 5.90. The average Bonchev–Trinajstić information content (AvgIpc) is 2.11. The molecule has 1 heteroatoms. The molecule has 1 unspecified atom stereocenters. The molecule has 0 bridgehead atoms. The first-order valence-electron chi connectivity index (χ1n) is 4.66. The van der Waals surface area contributed by atoms with Crippen LogP contribution in [0.1, 0.15) is 20.3 Å². The first-order chi connectivity index (χ1) is 6.24. The van der Waals surface area contributed by atoms with Gasteiger partial charge in [0.05, 0.1) is 0 Å². The van der Waals surface area contributed by atoms with E-state index in [4.69, 9.17) is 11.6 Å². The van der Waals surface area contributed by atoms with Gasteiger partial charge in [0.1, 0.15) is 0 Å². The van der Waals surface area contributed by atoms with Crippen molar-refractivity contribution in [1.82, 2.24) is 0 Å². The van der Waals surface area contributed by atoms with Crippen molar-refractivity contribution in [3.05, 3.63) is 47.1 Å². The molecule has 0 aromatic carbocycles. The first kappa shape index (κ1) is 10.3. The largest absolute Gasteiger partial charge is 0.0843 e. The van der Waals surface area contributed by atoms with Crippen LogP contribution >= 0.6 is 11.6 Å². The van der Waals surface area contributed by atoms with Gasteiger partial charge in [-0.15, -0.1) is 0 Å². The van der Waals surface area contributed by atoms with E-state index in [1.807, 2.05) is 24.3 Å². The lowest BCUT2D eigenvalue weighted by Gasteiger charge is -2.09. The molecule has 0 aliphatic heterocycles. The van der Waals surface area contributed by atoms with Crippen LogP contribution in [0.3, 0.4) is 0 Å². The third-order valence-corrected chi connectivity index (χ3v) is 2.52. The highest BCUT2D eigenvalue weighted by molar-refractivity contribution is 6.31. The van der Waals surface area contributed by atoms with E-state index in [0.717, 1.165) is 11.5 Å². The van der Waals surface area contributed by atoms with Crippen molar-refractivity contribution in [2.45, 2.75) is 20.3 Å². The minimum Gasteiger partial charge on any atom is -0.0843 e. The van der Waals surface area contributed by atoms with E-state index >= 15 is 0 Å². The molecular formula is C12H15Cl. The molecule has 1 aliphatic rings. The number of allylic oxidation sites excluding steroid dienone is 8. The van der Waals surface area contributed by atoms with Gasteiger partial charge in [0.2, 0.25) is 0 Å². The standard InChI is InChI=1S/C12H15Cl/c1-3-10(2)11-6-4-5-7-12(13)9-8-11/h4-10H,3H2,1-2H3. The van der Waals surface area contributed by atoms with Crippen molar-refractivity contribution >= 4 is 11.6 Å². The molecule has 1 aliphatic carbocycles. The van der Waals surface area contributed by atoms with E-state index in [9.17, 15) is 0 Å². The van der Waals surface area contributed by atoms with Crippen LogP contribution in [0.5, 0.6) is 0 Å². The van der Waals surface area contributed by atoms with Crippen LogP contribution in [0.25, 0.3) is 0 Å². The Kier molecular flexibility index (Phi) is 4.04. The second kappa shape index (κ2) is 5.08. The SMILES string of the molecule is CCC(C)C1=CC=C(Cl)C=CC=C1. The van der Waals surface area contributed by atoms with Gasteiger partial charge in [-0.2, -0.15) is 0 Å². The molecule has 0 saturated heterocycles. The van der Waals surface area contributed by atoms with Gasteiger partial charge in [0.25, 0.3) is 0 Å². The van der Waals surface area contributed by atoms with E-state index in [-0.39, 0.29) is 0 Å². The highest BCUT2D eigenvalue weighted by atomic mass is 35.5. The molecule has 0 N–H and O–H groups in total. The molecule has 70 valence electrons. The summed E-state index contributed by atoms with van der Waals surface area (Å²) in [5.41, 5.74) is 1.34. The van der Waals surface area contributed by atoms with Gasteiger partial charge in [-0.25, -0.2) is 0 Å². The summed E-state index contributed by atoms with van der Waals surface area (Å²) in [6.45, 7) is 4.42. The Balaban J connectivity index is 2.85. The van der Waals surface area contributed by atoms with E-state index in [2.05, 4.69) is 26.0 Å². The van der Waals surface area contributed by atoms with Crippen LogP contribution in [-0.4, -0.2) is 0 Å². The smallest absolute Gasteiger partial charge is 0.0406 e. The molecular weight excluding hydrogens is 180 g/mol. The lowest BCUT2D eigenvalue weighted by molar-refractivity contribution is 0.670. The average molecular weight is 195 g/mol. The van der Waals surface area contributed by atoms with E-state index in [1.165, 1.54) is 5.57 Å². The number of hydrogen-bond donors (Lipinski definition) is 0. The number of hydrogen-bond acceptors (Lipinski definition) is 0. The van der Waals surface area contributed by atoms with Gasteiger partial charge in [-0.3, -0.25) is 0 Å². The lowest BCUT2D eigenvalue weighted by Crippen LogP contribution is -1.94. The fourth-order valence-corrected chi connectivity index (χ4v) is 1.30. The van der Waals surface area contributed by atoms with Gasteiger partial charge >= 0.3 is 0 Å². The Morgan fingerprint density at radius 3 is 2.62 bits per heavy atom. The highest BCUT2D eigenvalue weighted by Gasteiger charge is 2.02. The minimum atomic E-state index is 0.600. The third kappa shape index (κ3) is 3.23. The van der Waals surface area contributed by atoms with Crippen LogP contribution in [0.4, 0.5) is 0 Å². The van der Waals surface area contributed by atoms with Crippen molar-refractivity contribution in [1.29, 1.82) is 0 Å². The van der Waals surface area contributed by atoms with Crippen molar-refractivity contribution < 1.29 is 0 Å². The molecule has 0 aromatic rings. The Morgan fingerprint density at radius 2 is 1.92 bits per heavy atom. The normalized spacial score (nSPS) is 18.7. The zero-order chi connectivity index (χ0) is 9.68. The Morgan fingerprint density at radius 1 is 1.23 bits per heavy atom. The first-order valence-corrected chi connectivity index (χ1v) is 5.04. The molecule has 0 fully saturated rings. The van der Waals surface area contributed by atoms with Crippen LogP contribution in [0, 0.1) is 5.92 Å². The van der Waals surface area contributed by atoms with Gasteiger partial charge in [0.15, 0.2) is 0 Å². The van der Waals surface area contributed by atoms with Crippen molar-refractivity contribution in [2.75, 3.05) is 0 Å². The summed E-state index contributed by atoms with van der Waals surface area (Å²) in [7, 11) is 0. The molecule has 0 nitrogen and oxygen atoms in total. The van der Waals surface area contributed by atoms with Crippen molar-refractivity contribution in [2.24, 2.45) is 5.92 Å². The molecule has 13 heavy (non-hydrogen) atoms. The second-order valence-corrected chi connectivity index (χ2v) is 3.68. The monoisotopic (exact) mass is 194 g/mol. The summed E-state index contributed by atoms with van der Waals surface area (Å²) >= 11 is 5.90. The predicted molar refractivity (Wildman–Crippen MR) is 59.8 cm³/mol. The maximum Gasteiger partial charge on any atom is 0.0406 e. The van der Waals surface area contributed by atoms with E-state index in [0.29, 0.717) is 5.92 Å². The topological polar surface area (TPSA) is 0 Å². The highest BCUT2D eigenvalue weighted by Crippen LogP contribution is 2.18. The summed E-state index contributed by atoms with van der Waals surface area (Å²) < 4.78 is 0. The summed E-state index contributed by atoms with van der Waals surface area (Å²) in [6.07, 6.45) is 13.2. The molecule has 1 rings (SSSR count). The maximum atomic E-state index is 5.90. The molecule has 0 spiro atoms. The predicted octanol–water partition coefficient (Wildman–Crippen LogP) is 4.21. The fourth-order valence-electron chi connectivity index (χ4n) is 1.17. The van der Waals surface area contributed by atoms with Crippen LogP contribution in [0.2, 0.25) is 0 Å². The van der Waals surface area contributed by atoms with E-state index in [1.54, 1.807) is 0 Å². The minimum absolute atomic E-state index is 0.600. The molecule has 0 radical (unpaired) electrons. The summed E-state index contributed by atoms with van der Waals surface area (Å²) in [6, 6.07) is 0. The molecule has 0 heterocycles. The van der Waals surface area contributed by atoms with Crippen molar-refractivity contribution in [3.8, 4) is 0 Å². The molecule has 0 saturated carbocycles. The van der Waals surface area contributed by atoms with E-state index < -0.39 is 0 Å². The van der Waals surface area contributed by atoms with Crippen LogP contribution in [-0.2, 0) is 0 Å². The fraction of sp³-hybridized carbons (Fsp3) is 0.333. The summed E-state index contributed by atoms with van der Waals surface area (Å²) in [5.74, 6) is 0.600. The lowest BCUT2D eigenvalue weighted by atomic mass is 9.97. The Bertz CT molecular complexity index is 279. The van der Waals surface area contributed by atoms with Gasteiger partial charge in [-0.05, 0) is 30.1 Å². The zero-order valence-corrected chi connectivity index (χ0v) is 8.88. The van der Waals surface area contributed by atoms with Gasteiger partial charge in [-0.1, -0.05) is 49.8 Å². The Hall–Kier alpha value is -0.750. The molecule has 0 amide bonds. The van der Waals surface area contributed by atoms with Gasteiger partial charge < -0.3 is 0 Å². The number of halogens is 1. The van der Waals surface area contributed by atoms with Crippen LogP contribution in [0.15, 0.2) is 47.1 Å². The quantitative estimate of drug-likeness (QED) is 0.618. The zero-order valence-electron chi connectivity index (χ0n) is 8.13.